The van der Waals surface area contributed by atoms with Crippen LogP contribution < -0.4 is 5.32 Å². The van der Waals surface area contributed by atoms with E-state index in [1.807, 2.05) is 18.2 Å². The van der Waals surface area contributed by atoms with Gasteiger partial charge in [-0.3, -0.25) is 0 Å². The van der Waals surface area contributed by atoms with Crippen LogP contribution in [0.15, 0.2) is 34.9 Å². The van der Waals surface area contributed by atoms with Gasteiger partial charge in [0.1, 0.15) is 11.8 Å². The van der Waals surface area contributed by atoms with Crippen molar-refractivity contribution >= 4 is 22.9 Å². The van der Waals surface area contributed by atoms with Crippen LogP contribution in [0.2, 0.25) is 4.34 Å². The third-order valence-electron chi connectivity index (χ3n) is 3.67. The Morgan fingerprint density at radius 1 is 1.29 bits per heavy atom. The highest BCUT2D eigenvalue weighted by atomic mass is 35.5. The van der Waals surface area contributed by atoms with Crippen LogP contribution in [-0.2, 0) is 0 Å². The number of hydrogen-bond acceptors (Lipinski definition) is 4. The number of nitrogens with one attached hydrogen (secondary N) is 1. The summed E-state index contributed by atoms with van der Waals surface area (Å²) < 4.78 is 6.40. The fourth-order valence-corrected chi connectivity index (χ4v) is 3.68. The average molecular weight is 327 g/mol. The molecule has 0 fully saturated rings. The zero-order chi connectivity index (χ0) is 15.4. The Balaban J connectivity index is 2.14. The lowest BCUT2D eigenvalue weighted by atomic mass is 10.0. The fourth-order valence-electron chi connectivity index (χ4n) is 2.53. The Hall–Kier alpha value is -0.810. The first kappa shape index (κ1) is 16.6. The van der Waals surface area contributed by atoms with E-state index in [4.69, 9.17) is 16.0 Å². The van der Waals surface area contributed by atoms with Crippen molar-refractivity contribution in [2.45, 2.75) is 25.9 Å². The van der Waals surface area contributed by atoms with Gasteiger partial charge in [0.05, 0.1) is 10.6 Å². The Kier molecular flexibility index (Phi) is 5.88. The van der Waals surface area contributed by atoms with Crippen molar-refractivity contribution in [2.75, 3.05) is 20.6 Å². The van der Waals surface area contributed by atoms with Gasteiger partial charge in [0.2, 0.25) is 0 Å². The van der Waals surface area contributed by atoms with Crippen molar-refractivity contribution in [1.29, 1.82) is 0 Å². The number of rotatable bonds is 7. The zero-order valence-corrected chi connectivity index (χ0v) is 14.5. The SMILES string of the molecule is CC(C)C(CNC(c1ccco1)c1ccc(Cl)s1)N(C)C. The first-order valence-electron chi connectivity index (χ1n) is 7.17. The Bertz CT molecular complexity index is 528. The first-order chi connectivity index (χ1) is 9.99. The number of halogens is 1. The molecule has 0 aromatic carbocycles. The van der Waals surface area contributed by atoms with Crippen molar-refractivity contribution in [3.05, 3.63) is 45.5 Å². The van der Waals surface area contributed by atoms with Crippen LogP contribution in [-0.4, -0.2) is 31.6 Å². The number of furan rings is 1. The fraction of sp³-hybridized carbons (Fsp3) is 0.500. The topological polar surface area (TPSA) is 28.4 Å². The Morgan fingerprint density at radius 2 is 2.05 bits per heavy atom. The van der Waals surface area contributed by atoms with E-state index in [0.29, 0.717) is 12.0 Å². The second kappa shape index (κ2) is 7.45. The summed E-state index contributed by atoms with van der Waals surface area (Å²) in [5.41, 5.74) is 0. The summed E-state index contributed by atoms with van der Waals surface area (Å²) in [4.78, 5) is 3.44. The van der Waals surface area contributed by atoms with E-state index in [0.717, 1.165) is 16.6 Å². The van der Waals surface area contributed by atoms with Gasteiger partial charge >= 0.3 is 0 Å². The third kappa shape index (κ3) is 4.33. The molecule has 116 valence electrons. The second-order valence-electron chi connectivity index (χ2n) is 5.77. The minimum absolute atomic E-state index is 0.0544. The third-order valence-corrected chi connectivity index (χ3v) is 4.97. The van der Waals surface area contributed by atoms with E-state index in [-0.39, 0.29) is 6.04 Å². The largest absolute Gasteiger partial charge is 0.467 e. The zero-order valence-electron chi connectivity index (χ0n) is 13.0. The molecular weight excluding hydrogens is 304 g/mol. The molecule has 0 bridgehead atoms. The molecule has 0 saturated heterocycles. The van der Waals surface area contributed by atoms with Crippen molar-refractivity contribution in [1.82, 2.24) is 10.2 Å². The van der Waals surface area contributed by atoms with Crippen LogP contribution in [0.3, 0.4) is 0 Å². The molecule has 0 radical (unpaired) electrons. The van der Waals surface area contributed by atoms with Crippen molar-refractivity contribution in [3.63, 3.8) is 0 Å². The molecule has 2 aromatic heterocycles. The summed E-state index contributed by atoms with van der Waals surface area (Å²) in [7, 11) is 4.24. The van der Waals surface area contributed by atoms with Gasteiger partial charge in [-0.05, 0) is 44.3 Å². The van der Waals surface area contributed by atoms with Gasteiger partial charge in [0, 0.05) is 17.5 Å². The molecule has 1 N–H and O–H groups in total. The number of hydrogen-bond donors (Lipinski definition) is 1. The van der Waals surface area contributed by atoms with Crippen molar-refractivity contribution < 1.29 is 4.42 Å². The highest BCUT2D eigenvalue weighted by Crippen LogP contribution is 2.31. The molecule has 0 amide bonds. The van der Waals surface area contributed by atoms with Crippen molar-refractivity contribution in [3.8, 4) is 0 Å². The van der Waals surface area contributed by atoms with Crippen LogP contribution >= 0.6 is 22.9 Å². The quantitative estimate of drug-likeness (QED) is 0.824. The molecule has 3 nitrogen and oxygen atoms in total. The van der Waals surface area contributed by atoms with E-state index in [2.05, 4.69) is 44.2 Å². The minimum Gasteiger partial charge on any atom is -0.467 e. The van der Waals surface area contributed by atoms with Crippen LogP contribution in [0.5, 0.6) is 0 Å². The second-order valence-corrected chi connectivity index (χ2v) is 7.52. The lowest BCUT2D eigenvalue weighted by Gasteiger charge is -2.29. The number of nitrogens with zero attached hydrogens (tertiary/aromatic N) is 1. The maximum absolute atomic E-state index is 6.08. The molecular formula is C16H23ClN2OS. The predicted molar refractivity (Wildman–Crippen MR) is 90.2 cm³/mol. The molecule has 0 aliphatic carbocycles. The molecule has 0 spiro atoms. The minimum atomic E-state index is 0.0544. The Morgan fingerprint density at radius 3 is 2.52 bits per heavy atom. The predicted octanol–water partition coefficient (Wildman–Crippen LogP) is 4.26. The molecule has 21 heavy (non-hydrogen) atoms. The van der Waals surface area contributed by atoms with Gasteiger partial charge in [0.15, 0.2) is 0 Å². The van der Waals surface area contributed by atoms with Crippen LogP contribution in [0.25, 0.3) is 0 Å². The van der Waals surface area contributed by atoms with E-state index in [1.54, 1.807) is 17.6 Å². The maximum atomic E-state index is 6.08. The molecule has 2 rings (SSSR count). The van der Waals surface area contributed by atoms with Crippen LogP contribution in [0.4, 0.5) is 0 Å². The van der Waals surface area contributed by atoms with Crippen molar-refractivity contribution in [2.24, 2.45) is 5.92 Å². The summed E-state index contributed by atoms with van der Waals surface area (Å²) in [5, 5.41) is 3.63. The van der Waals surface area contributed by atoms with Gasteiger partial charge in [-0.15, -0.1) is 11.3 Å². The molecule has 0 aliphatic rings. The highest BCUT2D eigenvalue weighted by molar-refractivity contribution is 7.16. The summed E-state index contributed by atoms with van der Waals surface area (Å²) in [6.07, 6.45) is 1.71. The lowest BCUT2D eigenvalue weighted by molar-refractivity contribution is 0.219. The highest BCUT2D eigenvalue weighted by Gasteiger charge is 2.22. The Labute approximate surface area is 135 Å². The summed E-state index contributed by atoms with van der Waals surface area (Å²) in [6, 6.07) is 8.45. The standard InChI is InChI=1S/C16H23ClN2OS/c1-11(2)12(19(3)4)10-18-16(13-6-5-9-20-13)14-7-8-15(17)21-14/h5-9,11-12,16,18H,10H2,1-4H3. The molecule has 0 aliphatic heterocycles. The van der Waals surface area contributed by atoms with Gasteiger partial charge < -0.3 is 14.6 Å². The molecule has 2 unspecified atom stereocenters. The lowest BCUT2D eigenvalue weighted by Crippen LogP contribution is -2.42. The monoisotopic (exact) mass is 326 g/mol. The average Bonchev–Trinajstić information content (AvgIpc) is 3.05. The van der Waals surface area contributed by atoms with Crippen LogP contribution in [0.1, 0.15) is 30.5 Å². The maximum Gasteiger partial charge on any atom is 0.126 e. The number of thiophene rings is 1. The summed E-state index contributed by atoms with van der Waals surface area (Å²) in [6.45, 7) is 5.39. The first-order valence-corrected chi connectivity index (χ1v) is 8.37. The molecule has 2 aromatic rings. The van der Waals surface area contributed by atoms with Crippen LogP contribution in [0, 0.1) is 5.92 Å². The van der Waals surface area contributed by atoms with E-state index in [1.165, 1.54) is 4.88 Å². The van der Waals surface area contributed by atoms with Gasteiger partial charge in [0.25, 0.3) is 0 Å². The van der Waals surface area contributed by atoms with E-state index < -0.39 is 0 Å². The smallest absolute Gasteiger partial charge is 0.126 e. The van der Waals surface area contributed by atoms with Gasteiger partial charge in [-0.25, -0.2) is 0 Å². The molecule has 2 heterocycles. The van der Waals surface area contributed by atoms with Gasteiger partial charge in [-0.1, -0.05) is 25.4 Å². The van der Waals surface area contributed by atoms with Gasteiger partial charge in [-0.2, -0.15) is 0 Å². The molecule has 2 atom stereocenters. The summed E-state index contributed by atoms with van der Waals surface area (Å²) in [5.74, 6) is 1.51. The van der Waals surface area contributed by atoms with E-state index in [9.17, 15) is 0 Å². The molecule has 5 heteroatoms. The summed E-state index contributed by atoms with van der Waals surface area (Å²) >= 11 is 7.67. The number of likely N-dealkylation sites (N-methyl/N-ethyl adjacent to an activating group) is 1. The molecule has 0 saturated carbocycles. The normalized spacial score (nSPS) is 14.8. The van der Waals surface area contributed by atoms with E-state index >= 15 is 0 Å².